The summed E-state index contributed by atoms with van der Waals surface area (Å²) in [7, 11) is 0. The van der Waals surface area contributed by atoms with Gasteiger partial charge in [-0.05, 0) is 64.7 Å². The molecule has 0 atom stereocenters. The second-order valence-corrected chi connectivity index (χ2v) is 14.4. The zero-order valence-electron chi connectivity index (χ0n) is 28.6. The van der Waals surface area contributed by atoms with E-state index >= 15 is 0 Å². The number of hydrogen-bond acceptors (Lipinski definition) is 3. The van der Waals surface area contributed by atoms with Crippen molar-refractivity contribution in [3.8, 4) is 11.3 Å². The minimum absolute atomic E-state index is 0.343. The molecule has 3 heteroatoms. The summed E-state index contributed by atoms with van der Waals surface area (Å²) in [4.78, 5) is 11.5. The highest BCUT2D eigenvalue weighted by atomic mass is 16.3. The molecule has 3 nitrogen and oxygen atoms in total. The predicted octanol–water partition coefficient (Wildman–Crippen LogP) is 12.7. The smallest absolute Gasteiger partial charge is 0.144 e. The van der Waals surface area contributed by atoms with Gasteiger partial charge in [0, 0.05) is 16.7 Å². The van der Waals surface area contributed by atoms with Crippen LogP contribution in [0.2, 0.25) is 0 Å². The van der Waals surface area contributed by atoms with Crippen LogP contribution < -0.4 is 0 Å². The van der Waals surface area contributed by atoms with Crippen LogP contribution in [0.15, 0.2) is 81.3 Å². The molecule has 0 bridgehead atoms. The van der Waals surface area contributed by atoms with Gasteiger partial charge in [-0.25, -0.2) is 9.98 Å². The van der Waals surface area contributed by atoms with Crippen molar-refractivity contribution in [1.82, 2.24) is 0 Å². The summed E-state index contributed by atoms with van der Waals surface area (Å²) in [6.07, 6.45) is 8.29. The van der Waals surface area contributed by atoms with Gasteiger partial charge in [0.05, 0.1) is 28.9 Å². The molecule has 1 saturated carbocycles. The van der Waals surface area contributed by atoms with Crippen molar-refractivity contribution < 1.29 is 4.42 Å². The highest BCUT2D eigenvalue weighted by Gasteiger charge is 2.36. The lowest BCUT2D eigenvalue weighted by Gasteiger charge is -2.27. The van der Waals surface area contributed by atoms with Gasteiger partial charge in [0.2, 0.25) is 0 Å². The molecular formula is C42H50N2O. The molecule has 0 amide bonds. The topological polar surface area (TPSA) is 37.9 Å². The van der Waals surface area contributed by atoms with Crippen molar-refractivity contribution in [2.75, 3.05) is 0 Å². The lowest BCUT2D eigenvalue weighted by atomic mass is 9.78. The minimum atomic E-state index is 0.343. The van der Waals surface area contributed by atoms with E-state index in [2.05, 4.69) is 122 Å². The molecular weight excluding hydrogens is 548 g/mol. The molecule has 0 saturated heterocycles. The van der Waals surface area contributed by atoms with Gasteiger partial charge in [0.1, 0.15) is 11.5 Å². The Labute approximate surface area is 270 Å². The lowest BCUT2D eigenvalue weighted by molar-refractivity contribution is 0.439. The lowest BCUT2D eigenvalue weighted by Crippen LogP contribution is -2.25. The molecule has 0 radical (unpaired) electrons. The average Bonchev–Trinajstić information content (AvgIpc) is 3.48. The Morgan fingerprint density at radius 2 is 1.02 bits per heavy atom. The van der Waals surface area contributed by atoms with Gasteiger partial charge in [-0.1, -0.05) is 135 Å². The molecule has 0 aliphatic heterocycles. The van der Waals surface area contributed by atoms with Gasteiger partial charge in [0.15, 0.2) is 0 Å². The third-order valence-electron chi connectivity index (χ3n) is 9.88. The van der Waals surface area contributed by atoms with Crippen LogP contribution in [0.25, 0.3) is 11.3 Å². The standard InChI is InChI=1S/C42H50N2O/c1-25(2)30-20-14-21-31(26(3)4)38(30)43-40-34-18-12-13-19-35(34)42-37(36(24-45-42)29-16-10-9-11-17-29)41(40)44-39-32(27(5)6)22-15-23-33(39)28(7)8/h12-15,18-29H,9-11,16-17H2,1-8H3. The van der Waals surface area contributed by atoms with E-state index in [1.54, 1.807) is 0 Å². The summed E-state index contributed by atoms with van der Waals surface area (Å²) in [6, 6.07) is 22.1. The molecule has 3 aromatic carbocycles. The Balaban J connectivity index is 1.74. The SMILES string of the molecule is CC(C)c1cccc(C(C)C)c1N=C1C(=Nc2c(C(C)C)cccc2C(C)C)c2c(C3CCCCC3)coc2-c2ccccc21. The van der Waals surface area contributed by atoms with E-state index in [-0.39, 0.29) is 0 Å². The quantitative estimate of drug-likeness (QED) is 0.208. The second-order valence-electron chi connectivity index (χ2n) is 14.4. The van der Waals surface area contributed by atoms with Crippen LogP contribution in [0.5, 0.6) is 0 Å². The van der Waals surface area contributed by atoms with Crippen molar-refractivity contribution in [3.05, 3.63) is 106 Å². The maximum Gasteiger partial charge on any atom is 0.144 e. The van der Waals surface area contributed by atoms with Crippen LogP contribution in [0.3, 0.4) is 0 Å². The first-order valence-electron chi connectivity index (χ1n) is 17.3. The van der Waals surface area contributed by atoms with Gasteiger partial charge < -0.3 is 4.42 Å². The number of aliphatic imine (C=N–C) groups is 2. The van der Waals surface area contributed by atoms with E-state index in [9.17, 15) is 0 Å². The Morgan fingerprint density at radius 1 is 0.556 bits per heavy atom. The van der Waals surface area contributed by atoms with Gasteiger partial charge >= 0.3 is 0 Å². The van der Waals surface area contributed by atoms with Crippen LogP contribution in [-0.4, -0.2) is 11.4 Å². The van der Waals surface area contributed by atoms with Crippen molar-refractivity contribution >= 4 is 22.8 Å². The highest BCUT2D eigenvalue weighted by Crippen LogP contribution is 2.46. The minimum Gasteiger partial charge on any atom is -0.463 e. The zero-order valence-corrected chi connectivity index (χ0v) is 28.6. The fourth-order valence-electron chi connectivity index (χ4n) is 7.39. The second kappa shape index (κ2) is 12.9. The first kappa shape index (κ1) is 31.3. The summed E-state index contributed by atoms with van der Waals surface area (Å²) in [5.74, 6) is 2.79. The number of hydrogen-bond donors (Lipinski definition) is 0. The number of fused-ring (bicyclic) bond motifs is 3. The van der Waals surface area contributed by atoms with E-state index in [1.807, 2.05) is 0 Å². The number of nitrogens with zero attached hydrogens (tertiary/aromatic N) is 2. The normalized spacial score (nSPS) is 17.2. The molecule has 0 N–H and O–H groups in total. The Bertz CT molecular complexity index is 1690. The maximum absolute atomic E-state index is 6.58. The van der Waals surface area contributed by atoms with E-state index in [0.29, 0.717) is 29.6 Å². The summed E-state index contributed by atoms with van der Waals surface area (Å²) in [6.45, 7) is 18.2. The van der Waals surface area contributed by atoms with E-state index in [0.717, 1.165) is 45.2 Å². The average molecular weight is 599 g/mol. The van der Waals surface area contributed by atoms with Crippen molar-refractivity contribution in [1.29, 1.82) is 0 Å². The molecule has 2 aliphatic carbocycles. The molecule has 1 heterocycles. The van der Waals surface area contributed by atoms with Gasteiger partial charge in [-0.3, -0.25) is 0 Å². The third kappa shape index (κ3) is 5.87. The van der Waals surface area contributed by atoms with Crippen LogP contribution in [0, 0.1) is 0 Å². The van der Waals surface area contributed by atoms with Gasteiger partial charge in [-0.2, -0.15) is 0 Å². The van der Waals surface area contributed by atoms with E-state index < -0.39 is 0 Å². The summed E-state index contributed by atoms with van der Waals surface area (Å²) < 4.78 is 6.58. The van der Waals surface area contributed by atoms with Gasteiger partial charge in [0.25, 0.3) is 0 Å². The Kier molecular flexibility index (Phi) is 9.00. The molecule has 0 spiro atoms. The van der Waals surface area contributed by atoms with E-state index in [1.165, 1.54) is 59.9 Å². The van der Waals surface area contributed by atoms with Crippen LogP contribution in [0.4, 0.5) is 11.4 Å². The summed E-state index contributed by atoms with van der Waals surface area (Å²) >= 11 is 0. The molecule has 234 valence electrons. The molecule has 1 fully saturated rings. The predicted molar refractivity (Wildman–Crippen MR) is 192 cm³/mol. The van der Waals surface area contributed by atoms with Crippen molar-refractivity contribution in [2.24, 2.45) is 9.98 Å². The fourth-order valence-corrected chi connectivity index (χ4v) is 7.39. The molecule has 1 aromatic heterocycles. The van der Waals surface area contributed by atoms with Crippen molar-refractivity contribution in [3.63, 3.8) is 0 Å². The molecule has 4 aromatic rings. The van der Waals surface area contributed by atoms with Crippen molar-refractivity contribution in [2.45, 2.75) is 117 Å². The largest absolute Gasteiger partial charge is 0.463 e. The summed E-state index contributed by atoms with van der Waals surface area (Å²) in [5.41, 5.74) is 13.9. The molecule has 0 unspecified atom stereocenters. The maximum atomic E-state index is 6.58. The molecule has 2 aliphatic rings. The van der Waals surface area contributed by atoms with E-state index in [4.69, 9.17) is 14.4 Å². The number of para-hydroxylation sites is 2. The Morgan fingerprint density at radius 3 is 1.51 bits per heavy atom. The third-order valence-corrected chi connectivity index (χ3v) is 9.88. The Hall–Kier alpha value is -3.72. The van der Waals surface area contributed by atoms with Gasteiger partial charge in [-0.15, -0.1) is 0 Å². The number of rotatable bonds is 7. The van der Waals surface area contributed by atoms with Crippen LogP contribution in [-0.2, 0) is 0 Å². The molecule has 45 heavy (non-hydrogen) atoms. The molecule has 6 rings (SSSR count). The zero-order chi connectivity index (χ0) is 31.8. The van der Waals surface area contributed by atoms with Crippen LogP contribution >= 0.6 is 0 Å². The van der Waals surface area contributed by atoms with Crippen LogP contribution in [0.1, 0.15) is 156 Å². The monoisotopic (exact) mass is 598 g/mol. The fraction of sp³-hybridized carbons (Fsp3) is 0.429. The highest BCUT2D eigenvalue weighted by molar-refractivity contribution is 6.57. The number of benzene rings is 3. The summed E-state index contributed by atoms with van der Waals surface area (Å²) in [5, 5.41) is 0. The first-order chi connectivity index (χ1) is 21.7. The number of furan rings is 1. The first-order valence-corrected chi connectivity index (χ1v) is 17.3.